The van der Waals surface area contributed by atoms with Gasteiger partial charge in [-0.2, -0.15) is 0 Å². The molecule has 2 aromatic rings. The molecule has 1 aromatic heterocycles. The predicted molar refractivity (Wildman–Crippen MR) is 85.4 cm³/mol. The third-order valence-electron chi connectivity index (χ3n) is 3.94. The molecule has 1 aromatic carbocycles. The van der Waals surface area contributed by atoms with E-state index in [-0.39, 0.29) is 28.2 Å². The Morgan fingerprint density at radius 3 is 2.83 bits per heavy atom. The lowest BCUT2D eigenvalue weighted by atomic mass is 10.1. The van der Waals surface area contributed by atoms with Gasteiger partial charge in [0.1, 0.15) is 0 Å². The number of carbonyl (C=O) groups excluding carboxylic acids is 1. The largest absolute Gasteiger partial charge is 0.330 e. The number of amides is 1. The number of nitrogens with zero attached hydrogens (tertiary/aromatic N) is 3. The number of carbonyl (C=O) groups is 1. The Morgan fingerprint density at radius 2 is 2.17 bits per heavy atom. The van der Waals surface area contributed by atoms with Crippen LogP contribution in [0, 0.1) is 10.1 Å². The van der Waals surface area contributed by atoms with Crippen LogP contribution in [0.25, 0.3) is 0 Å². The van der Waals surface area contributed by atoms with E-state index in [2.05, 4.69) is 4.98 Å². The van der Waals surface area contributed by atoms with Crippen molar-refractivity contribution in [1.29, 1.82) is 0 Å². The molecule has 1 aliphatic rings. The molecule has 23 heavy (non-hydrogen) atoms. The van der Waals surface area contributed by atoms with E-state index in [1.807, 2.05) is 18.2 Å². The molecule has 0 N–H and O–H groups in total. The van der Waals surface area contributed by atoms with Gasteiger partial charge in [0.05, 0.1) is 27.2 Å². The second-order valence-corrected chi connectivity index (χ2v) is 5.74. The summed E-state index contributed by atoms with van der Waals surface area (Å²) in [5.41, 5.74) is 0.991. The second kappa shape index (κ2) is 6.34. The van der Waals surface area contributed by atoms with Gasteiger partial charge in [0.2, 0.25) is 0 Å². The molecule has 0 radical (unpaired) electrons. The van der Waals surface area contributed by atoms with Gasteiger partial charge in [0.25, 0.3) is 11.6 Å². The zero-order chi connectivity index (χ0) is 16.4. The topological polar surface area (TPSA) is 76.3 Å². The van der Waals surface area contributed by atoms with Crippen LogP contribution in [-0.4, -0.2) is 27.3 Å². The van der Waals surface area contributed by atoms with E-state index in [1.165, 1.54) is 18.2 Å². The van der Waals surface area contributed by atoms with Crippen molar-refractivity contribution in [3.05, 3.63) is 69.0 Å². The maximum absolute atomic E-state index is 12.8. The Balaban J connectivity index is 1.89. The number of benzene rings is 1. The van der Waals surface area contributed by atoms with Gasteiger partial charge >= 0.3 is 0 Å². The lowest BCUT2D eigenvalue weighted by Gasteiger charge is -2.24. The minimum Gasteiger partial charge on any atom is -0.330 e. The maximum Gasteiger partial charge on any atom is 0.270 e. The summed E-state index contributed by atoms with van der Waals surface area (Å²) in [5, 5.41) is 10.9. The summed E-state index contributed by atoms with van der Waals surface area (Å²) in [6.45, 7) is 0.618. The highest BCUT2D eigenvalue weighted by atomic mass is 35.5. The first-order valence-electron chi connectivity index (χ1n) is 7.24. The van der Waals surface area contributed by atoms with Crippen LogP contribution < -0.4 is 0 Å². The first-order chi connectivity index (χ1) is 11.1. The number of likely N-dealkylation sites (tertiary alicyclic amines) is 1. The zero-order valence-electron chi connectivity index (χ0n) is 12.2. The Kier molecular flexibility index (Phi) is 4.25. The Hall–Kier alpha value is -2.47. The zero-order valence-corrected chi connectivity index (χ0v) is 12.9. The number of nitro benzene ring substituents is 1. The van der Waals surface area contributed by atoms with E-state index in [0.29, 0.717) is 6.54 Å². The molecule has 0 unspecified atom stereocenters. The van der Waals surface area contributed by atoms with Crippen molar-refractivity contribution in [2.24, 2.45) is 0 Å². The van der Waals surface area contributed by atoms with Crippen LogP contribution in [0.15, 0.2) is 42.6 Å². The SMILES string of the molecule is O=C(c1ccc([N+](=O)[O-])cc1Cl)N1CCC[C@@H]1c1ccccn1. The molecular weight excluding hydrogens is 318 g/mol. The van der Waals surface area contributed by atoms with E-state index < -0.39 is 4.92 Å². The fraction of sp³-hybridized carbons (Fsp3) is 0.250. The molecule has 118 valence electrons. The number of nitro groups is 1. The van der Waals surface area contributed by atoms with Gasteiger partial charge in [-0.25, -0.2) is 0 Å². The summed E-state index contributed by atoms with van der Waals surface area (Å²) < 4.78 is 0. The number of aromatic nitrogens is 1. The van der Waals surface area contributed by atoms with Gasteiger partial charge in [-0.1, -0.05) is 17.7 Å². The smallest absolute Gasteiger partial charge is 0.270 e. The Morgan fingerprint density at radius 1 is 1.35 bits per heavy atom. The summed E-state index contributed by atoms with van der Waals surface area (Å²) in [6, 6.07) is 9.45. The molecule has 1 atom stereocenters. The number of non-ortho nitro benzene ring substituents is 1. The van der Waals surface area contributed by atoms with Gasteiger partial charge in [-0.3, -0.25) is 19.9 Å². The van der Waals surface area contributed by atoms with Crippen LogP contribution in [0.1, 0.15) is 34.9 Å². The van der Waals surface area contributed by atoms with Crippen molar-refractivity contribution in [3.8, 4) is 0 Å². The highest BCUT2D eigenvalue weighted by Crippen LogP contribution is 2.33. The molecule has 0 bridgehead atoms. The van der Waals surface area contributed by atoms with Gasteiger partial charge in [0, 0.05) is 24.9 Å². The first-order valence-corrected chi connectivity index (χ1v) is 7.61. The molecule has 0 spiro atoms. The van der Waals surface area contributed by atoms with E-state index in [0.717, 1.165) is 18.5 Å². The summed E-state index contributed by atoms with van der Waals surface area (Å²) in [4.78, 5) is 29.1. The molecule has 3 rings (SSSR count). The van der Waals surface area contributed by atoms with Gasteiger partial charge in [0.15, 0.2) is 0 Å². The molecular formula is C16H14ClN3O3. The number of hydrogen-bond acceptors (Lipinski definition) is 4. The minimum atomic E-state index is -0.535. The fourth-order valence-corrected chi connectivity index (χ4v) is 3.09. The minimum absolute atomic E-state index is 0.0880. The number of halogens is 1. The third-order valence-corrected chi connectivity index (χ3v) is 4.25. The van der Waals surface area contributed by atoms with Crippen molar-refractivity contribution >= 4 is 23.2 Å². The highest BCUT2D eigenvalue weighted by molar-refractivity contribution is 6.34. The van der Waals surface area contributed by atoms with Crippen LogP contribution in [0.5, 0.6) is 0 Å². The Bertz CT molecular complexity index is 751. The van der Waals surface area contributed by atoms with E-state index in [4.69, 9.17) is 11.6 Å². The Labute approximate surface area is 137 Å². The lowest BCUT2D eigenvalue weighted by Crippen LogP contribution is -2.31. The summed E-state index contributed by atoms with van der Waals surface area (Å²) in [6.07, 6.45) is 3.43. The first kappa shape index (κ1) is 15.4. The summed E-state index contributed by atoms with van der Waals surface area (Å²) in [5.74, 6) is -0.224. The van der Waals surface area contributed by atoms with Crippen molar-refractivity contribution < 1.29 is 9.72 Å². The average molecular weight is 332 g/mol. The molecule has 2 heterocycles. The molecule has 7 heteroatoms. The summed E-state index contributed by atoms with van der Waals surface area (Å²) in [7, 11) is 0. The average Bonchev–Trinajstić information content (AvgIpc) is 3.04. The normalized spacial score (nSPS) is 17.3. The van der Waals surface area contributed by atoms with Crippen LogP contribution in [-0.2, 0) is 0 Å². The van der Waals surface area contributed by atoms with Crippen LogP contribution in [0.3, 0.4) is 0 Å². The number of rotatable bonds is 3. The molecule has 6 nitrogen and oxygen atoms in total. The fourth-order valence-electron chi connectivity index (χ4n) is 2.84. The third kappa shape index (κ3) is 3.03. The van der Waals surface area contributed by atoms with Crippen LogP contribution >= 0.6 is 11.6 Å². The van der Waals surface area contributed by atoms with Crippen LogP contribution in [0.4, 0.5) is 5.69 Å². The van der Waals surface area contributed by atoms with Crippen molar-refractivity contribution in [2.45, 2.75) is 18.9 Å². The molecule has 0 aliphatic carbocycles. The number of pyridine rings is 1. The lowest BCUT2D eigenvalue weighted by molar-refractivity contribution is -0.384. The predicted octanol–water partition coefficient (Wildman–Crippen LogP) is 3.62. The van der Waals surface area contributed by atoms with Gasteiger partial charge in [-0.15, -0.1) is 0 Å². The van der Waals surface area contributed by atoms with Crippen molar-refractivity contribution in [3.63, 3.8) is 0 Å². The highest BCUT2D eigenvalue weighted by Gasteiger charge is 2.32. The molecule has 0 saturated carbocycles. The van der Waals surface area contributed by atoms with Crippen molar-refractivity contribution in [2.75, 3.05) is 6.54 Å². The number of hydrogen-bond donors (Lipinski definition) is 0. The molecule has 1 amide bonds. The molecule has 1 saturated heterocycles. The quantitative estimate of drug-likeness (QED) is 0.635. The van der Waals surface area contributed by atoms with E-state index >= 15 is 0 Å². The maximum atomic E-state index is 12.8. The van der Waals surface area contributed by atoms with E-state index in [9.17, 15) is 14.9 Å². The standard InChI is InChI=1S/C16H14ClN3O3/c17-13-10-11(20(22)23)6-7-12(13)16(21)19-9-3-5-15(19)14-4-1-2-8-18-14/h1-2,4,6-8,10,15H,3,5,9H2/t15-/m1/s1. The van der Waals surface area contributed by atoms with Gasteiger partial charge in [-0.05, 0) is 31.0 Å². The van der Waals surface area contributed by atoms with Crippen LogP contribution in [0.2, 0.25) is 5.02 Å². The van der Waals surface area contributed by atoms with Gasteiger partial charge < -0.3 is 4.90 Å². The molecule has 1 aliphatic heterocycles. The van der Waals surface area contributed by atoms with Crippen molar-refractivity contribution in [1.82, 2.24) is 9.88 Å². The second-order valence-electron chi connectivity index (χ2n) is 5.33. The molecule has 1 fully saturated rings. The summed E-state index contributed by atoms with van der Waals surface area (Å²) >= 11 is 6.07. The monoisotopic (exact) mass is 331 g/mol. The van der Waals surface area contributed by atoms with E-state index in [1.54, 1.807) is 11.1 Å².